The van der Waals surface area contributed by atoms with Crippen LogP contribution in [0.4, 0.5) is 10.5 Å². The second kappa shape index (κ2) is 15.3. The number of anilines is 1. The smallest absolute Gasteiger partial charge is 0.410 e. The minimum Gasteiger partial charge on any atom is -0.439 e. The number of ether oxygens (including phenoxy) is 1. The quantitative estimate of drug-likeness (QED) is 0.377. The number of para-hydroxylation sites is 1. The molecule has 0 spiro atoms. The number of hydrogen-bond donors (Lipinski definition) is 3. The third-order valence-electron chi connectivity index (χ3n) is 6.99. The van der Waals surface area contributed by atoms with E-state index in [1.807, 2.05) is 29.2 Å². The molecule has 2 saturated heterocycles. The van der Waals surface area contributed by atoms with Crippen LogP contribution in [0.5, 0.6) is 0 Å². The average molecular weight is 503 g/mol. The minimum atomic E-state index is -0.461. The van der Waals surface area contributed by atoms with Crippen LogP contribution in [0.1, 0.15) is 37.7 Å². The van der Waals surface area contributed by atoms with Crippen molar-refractivity contribution in [3.8, 4) is 0 Å². The van der Waals surface area contributed by atoms with E-state index in [0.717, 1.165) is 63.1 Å². The summed E-state index contributed by atoms with van der Waals surface area (Å²) in [6.45, 7) is 6.38. The number of benzene rings is 1. The Morgan fingerprint density at radius 2 is 1.67 bits per heavy atom. The monoisotopic (exact) mass is 502 g/mol. The zero-order valence-corrected chi connectivity index (χ0v) is 21.3. The van der Waals surface area contributed by atoms with E-state index in [0.29, 0.717) is 52.0 Å². The van der Waals surface area contributed by atoms with E-state index in [1.54, 1.807) is 9.80 Å². The Balaban J connectivity index is 1.39. The fraction of sp³-hybridized carbons (Fsp3) is 0.654. The molecule has 200 valence electrons. The number of likely N-dealkylation sites (tertiary alicyclic amines) is 1. The molecule has 1 aromatic carbocycles. The van der Waals surface area contributed by atoms with Gasteiger partial charge in [0.05, 0.1) is 0 Å². The molecule has 0 bridgehead atoms. The summed E-state index contributed by atoms with van der Waals surface area (Å²) in [5.74, 6) is -0.143. The van der Waals surface area contributed by atoms with E-state index in [1.165, 1.54) is 0 Å². The molecule has 10 heteroatoms. The van der Waals surface area contributed by atoms with E-state index in [-0.39, 0.29) is 18.6 Å². The summed E-state index contributed by atoms with van der Waals surface area (Å²) >= 11 is 0. The van der Waals surface area contributed by atoms with Crippen LogP contribution < -0.4 is 16.4 Å². The molecule has 0 aliphatic carbocycles. The molecule has 3 rings (SSSR count). The highest BCUT2D eigenvalue weighted by Gasteiger charge is 2.28. The molecule has 10 nitrogen and oxygen atoms in total. The van der Waals surface area contributed by atoms with Crippen LogP contribution in [-0.2, 0) is 20.7 Å². The maximum absolute atomic E-state index is 12.7. The number of carbonyl (C=O) groups excluding carboxylic acids is 3. The lowest BCUT2D eigenvalue weighted by Gasteiger charge is -2.36. The maximum atomic E-state index is 12.7. The molecule has 2 heterocycles. The molecule has 0 atom stereocenters. The Labute approximate surface area is 214 Å². The SMILES string of the molecule is Nc1ccccc1CCN(C=O)C1CCN(C(=O)OCC(=O)N2CCCCNCCNCCC2)CC1. The number of carbonyl (C=O) groups is 3. The highest BCUT2D eigenvalue weighted by atomic mass is 16.6. The predicted octanol–water partition coefficient (Wildman–Crippen LogP) is 1.06. The van der Waals surface area contributed by atoms with E-state index in [9.17, 15) is 14.4 Å². The van der Waals surface area contributed by atoms with Gasteiger partial charge in [-0.2, -0.15) is 0 Å². The van der Waals surface area contributed by atoms with Crippen molar-refractivity contribution < 1.29 is 19.1 Å². The molecule has 4 N–H and O–H groups in total. The Hall–Kier alpha value is -2.85. The first-order valence-corrected chi connectivity index (χ1v) is 13.2. The Morgan fingerprint density at radius 3 is 2.39 bits per heavy atom. The van der Waals surface area contributed by atoms with Crippen molar-refractivity contribution in [2.45, 2.75) is 44.6 Å². The summed E-state index contributed by atoms with van der Waals surface area (Å²) < 4.78 is 5.38. The van der Waals surface area contributed by atoms with Crippen LogP contribution in [0.3, 0.4) is 0 Å². The van der Waals surface area contributed by atoms with E-state index >= 15 is 0 Å². The van der Waals surface area contributed by atoms with Gasteiger partial charge >= 0.3 is 6.09 Å². The zero-order chi connectivity index (χ0) is 25.6. The fourth-order valence-corrected chi connectivity index (χ4v) is 4.75. The van der Waals surface area contributed by atoms with E-state index < -0.39 is 6.09 Å². The summed E-state index contributed by atoms with van der Waals surface area (Å²) in [5.41, 5.74) is 7.78. The summed E-state index contributed by atoms with van der Waals surface area (Å²) in [6, 6.07) is 7.76. The third kappa shape index (κ3) is 8.98. The highest BCUT2D eigenvalue weighted by Crippen LogP contribution is 2.18. The van der Waals surface area contributed by atoms with Crippen LogP contribution >= 0.6 is 0 Å². The number of hydrogen-bond acceptors (Lipinski definition) is 7. The van der Waals surface area contributed by atoms with E-state index in [2.05, 4.69) is 10.6 Å². The van der Waals surface area contributed by atoms with Gasteiger partial charge in [-0.3, -0.25) is 9.59 Å². The van der Waals surface area contributed by atoms with Crippen molar-refractivity contribution in [2.24, 2.45) is 0 Å². The number of amides is 3. The van der Waals surface area contributed by atoms with Crippen molar-refractivity contribution in [3.63, 3.8) is 0 Å². The van der Waals surface area contributed by atoms with Gasteiger partial charge in [0, 0.05) is 57.5 Å². The topological polar surface area (TPSA) is 120 Å². The molecule has 0 saturated carbocycles. The average Bonchev–Trinajstić information content (AvgIpc) is 2.89. The van der Waals surface area contributed by atoms with Gasteiger partial charge in [0.2, 0.25) is 6.41 Å². The largest absolute Gasteiger partial charge is 0.439 e. The summed E-state index contributed by atoms with van der Waals surface area (Å²) in [5, 5.41) is 6.75. The molecule has 0 radical (unpaired) electrons. The molecule has 3 amide bonds. The number of rotatable bonds is 7. The van der Waals surface area contributed by atoms with Crippen LogP contribution in [0.15, 0.2) is 24.3 Å². The van der Waals surface area contributed by atoms with Crippen LogP contribution in [0.2, 0.25) is 0 Å². The Morgan fingerprint density at radius 1 is 0.972 bits per heavy atom. The predicted molar refractivity (Wildman–Crippen MR) is 139 cm³/mol. The van der Waals surface area contributed by atoms with Gasteiger partial charge in [0.25, 0.3) is 5.91 Å². The molecule has 1 aromatic rings. The summed E-state index contributed by atoms with van der Waals surface area (Å²) in [6.07, 6.45) is 5.29. The van der Waals surface area contributed by atoms with Crippen molar-refractivity contribution >= 4 is 24.1 Å². The van der Waals surface area contributed by atoms with Crippen LogP contribution in [-0.4, -0.2) is 105 Å². The second-order valence-electron chi connectivity index (χ2n) is 9.51. The zero-order valence-electron chi connectivity index (χ0n) is 21.3. The Kier molecular flexibility index (Phi) is 11.8. The van der Waals surface area contributed by atoms with E-state index in [4.69, 9.17) is 10.5 Å². The molecular formula is C26H42N6O4. The lowest BCUT2D eigenvalue weighted by atomic mass is 10.0. The molecule has 2 fully saturated rings. The molecular weight excluding hydrogens is 460 g/mol. The number of nitrogens with two attached hydrogens (primary N) is 1. The maximum Gasteiger partial charge on any atom is 0.410 e. The van der Waals surface area contributed by atoms with Crippen molar-refractivity contribution in [2.75, 3.05) is 71.2 Å². The fourth-order valence-electron chi connectivity index (χ4n) is 4.75. The number of piperidine rings is 1. The van der Waals surface area contributed by atoms with Gasteiger partial charge in [0.15, 0.2) is 6.61 Å². The van der Waals surface area contributed by atoms with Crippen molar-refractivity contribution in [1.82, 2.24) is 25.3 Å². The molecule has 2 aliphatic rings. The van der Waals surface area contributed by atoms with Gasteiger partial charge < -0.3 is 35.8 Å². The van der Waals surface area contributed by atoms with Crippen molar-refractivity contribution in [1.29, 1.82) is 0 Å². The first kappa shape index (κ1) is 27.7. The number of nitrogen functional groups attached to an aromatic ring is 1. The van der Waals surface area contributed by atoms with Gasteiger partial charge in [-0.1, -0.05) is 18.2 Å². The van der Waals surface area contributed by atoms with Gasteiger partial charge in [-0.05, 0) is 63.2 Å². The first-order chi connectivity index (χ1) is 17.6. The highest BCUT2D eigenvalue weighted by molar-refractivity contribution is 5.80. The normalized spacial score (nSPS) is 18.6. The third-order valence-corrected chi connectivity index (χ3v) is 6.99. The molecule has 0 unspecified atom stereocenters. The summed E-state index contributed by atoms with van der Waals surface area (Å²) in [7, 11) is 0. The second-order valence-corrected chi connectivity index (χ2v) is 9.51. The van der Waals surface area contributed by atoms with Crippen LogP contribution in [0, 0.1) is 0 Å². The molecule has 0 aromatic heterocycles. The van der Waals surface area contributed by atoms with Crippen LogP contribution in [0.25, 0.3) is 0 Å². The Bertz CT molecular complexity index is 818. The number of nitrogens with one attached hydrogen (secondary N) is 2. The lowest BCUT2D eigenvalue weighted by Crippen LogP contribution is -2.47. The first-order valence-electron chi connectivity index (χ1n) is 13.2. The van der Waals surface area contributed by atoms with Gasteiger partial charge in [0.1, 0.15) is 0 Å². The number of nitrogens with zero attached hydrogens (tertiary/aromatic N) is 3. The standard InChI is InChI=1S/C26H42N6O4/c27-24-7-2-1-6-22(24)8-17-32(21-33)23-9-18-31(19-10-23)26(35)36-20-25(34)30-15-4-3-11-28-13-14-29-12-5-16-30/h1-2,6-7,21,23,28-29H,3-5,8-20,27H2. The molecule has 2 aliphatic heterocycles. The van der Waals surface area contributed by atoms with Gasteiger partial charge in [-0.15, -0.1) is 0 Å². The molecule has 36 heavy (non-hydrogen) atoms. The van der Waals surface area contributed by atoms with Crippen molar-refractivity contribution in [3.05, 3.63) is 29.8 Å². The summed E-state index contributed by atoms with van der Waals surface area (Å²) in [4.78, 5) is 42.3. The minimum absolute atomic E-state index is 0.0727. The lowest BCUT2D eigenvalue weighted by molar-refractivity contribution is -0.135. The van der Waals surface area contributed by atoms with Gasteiger partial charge in [-0.25, -0.2) is 4.79 Å².